The van der Waals surface area contributed by atoms with Crippen LogP contribution in [-0.4, -0.2) is 71.5 Å². The largest absolute Gasteiger partial charge is 0.508 e. The molecule has 3 rings (SSSR count). The number of anilines is 2. The summed E-state index contributed by atoms with van der Waals surface area (Å²) < 4.78 is 15.6. The Morgan fingerprint density at radius 1 is 1.05 bits per heavy atom. The van der Waals surface area contributed by atoms with Crippen molar-refractivity contribution in [3.63, 3.8) is 0 Å². The minimum atomic E-state index is -0.790. The quantitative estimate of drug-likeness (QED) is 0.296. The number of benzene rings is 2. The zero-order valence-electron chi connectivity index (χ0n) is 22.1. The van der Waals surface area contributed by atoms with Crippen LogP contribution in [0, 0.1) is 16.6 Å². The normalized spacial score (nSPS) is 14.2. The third-order valence-electron chi connectivity index (χ3n) is 6.46. The van der Waals surface area contributed by atoms with E-state index in [0.29, 0.717) is 11.3 Å². The molecule has 5 N–H and O–H groups in total. The Kier molecular flexibility index (Phi) is 8.75. The third kappa shape index (κ3) is 6.19. The molecule has 0 bridgehead atoms. The van der Waals surface area contributed by atoms with Crippen LogP contribution in [0.3, 0.4) is 0 Å². The Hall–Kier alpha value is -3.66. The average molecular weight is 513 g/mol. The molecule has 37 heavy (non-hydrogen) atoms. The van der Waals surface area contributed by atoms with E-state index in [0.717, 1.165) is 43.7 Å². The zero-order valence-corrected chi connectivity index (χ0v) is 22.1. The van der Waals surface area contributed by atoms with Gasteiger partial charge in [-0.2, -0.15) is 0 Å². The van der Waals surface area contributed by atoms with Crippen LogP contribution in [0.2, 0.25) is 0 Å². The van der Waals surface area contributed by atoms with Crippen molar-refractivity contribution >= 4 is 29.0 Å². The number of phenolic OH excluding ortho intramolecular Hbond substituents is 2. The van der Waals surface area contributed by atoms with Crippen molar-refractivity contribution in [1.82, 2.24) is 10.2 Å². The van der Waals surface area contributed by atoms with Crippen LogP contribution < -0.4 is 15.1 Å². The van der Waals surface area contributed by atoms with Crippen LogP contribution in [0.4, 0.5) is 15.8 Å². The van der Waals surface area contributed by atoms with Crippen molar-refractivity contribution in [3.8, 4) is 11.5 Å². The number of phenols is 2. The lowest BCUT2D eigenvalue weighted by Gasteiger charge is -2.36. The molecule has 1 fully saturated rings. The predicted octanol–water partition coefficient (Wildman–Crippen LogP) is 3.84. The predicted molar refractivity (Wildman–Crippen MR) is 145 cm³/mol. The second kappa shape index (κ2) is 11.6. The molecule has 1 aliphatic heterocycles. The summed E-state index contributed by atoms with van der Waals surface area (Å²) in [7, 11) is 0. The first-order valence-corrected chi connectivity index (χ1v) is 12.6. The first-order valence-electron chi connectivity index (χ1n) is 12.6. The Labute approximate surface area is 217 Å². The van der Waals surface area contributed by atoms with Crippen LogP contribution in [0.15, 0.2) is 30.3 Å². The minimum absolute atomic E-state index is 0.0391. The molecule has 0 spiro atoms. The molecule has 0 unspecified atom stereocenters. The molecule has 0 atom stereocenters. The van der Waals surface area contributed by atoms with E-state index in [4.69, 9.17) is 10.8 Å². The second-order valence-electron chi connectivity index (χ2n) is 9.80. The zero-order chi connectivity index (χ0) is 27.4. The van der Waals surface area contributed by atoms with Gasteiger partial charge in [0.2, 0.25) is 0 Å². The lowest BCUT2D eigenvalue weighted by molar-refractivity contribution is -0.115. The summed E-state index contributed by atoms with van der Waals surface area (Å²) in [5, 5.41) is 40.8. The summed E-state index contributed by atoms with van der Waals surface area (Å²) in [5.41, 5.74) is 0.945. The Balaban J connectivity index is 2.04. The number of aromatic hydroxyl groups is 2. The van der Waals surface area contributed by atoms with E-state index < -0.39 is 29.1 Å². The van der Waals surface area contributed by atoms with E-state index in [1.807, 2.05) is 13.8 Å². The molecular weight excluding hydrogens is 475 g/mol. The fourth-order valence-electron chi connectivity index (χ4n) is 4.35. The van der Waals surface area contributed by atoms with E-state index in [-0.39, 0.29) is 29.0 Å². The highest BCUT2D eigenvalue weighted by molar-refractivity contribution is 6.48. The maximum atomic E-state index is 15.6. The number of carbonyl (C=O) groups excluding carboxylic acids is 1. The van der Waals surface area contributed by atoms with E-state index in [9.17, 15) is 15.0 Å². The molecule has 9 nitrogen and oxygen atoms in total. The first-order chi connectivity index (χ1) is 17.4. The van der Waals surface area contributed by atoms with Crippen molar-refractivity contribution in [2.45, 2.75) is 46.6 Å². The number of likely N-dealkylation sites (N-methyl/N-ethyl adjacent to an activating group) is 1. The standard InChI is InChI=1S/C27H37FN6O3/c1-6-32-9-11-33(12-10-32)18-7-8-22(21(28)13-18)34(26(30)27(37)31-17(4)5)25(29)20-14-19(16(2)3)23(35)15-24(20)36/h7-8,13-17,29-30,35-36H,6,9-12H2,1-5H3,(H,31,37). The number of amidine groups is 2. The van der Waals surface area contributed by atoms with Crippen molar-refractivity contribution in [2.75, 3.05) is 42.5 Å². The van der Waals surface area contributed by atoms with Crippen LogP contribution in [0.1, 0.15) is 51.7 Å². The molecular formula is C27H37FN6O3. The number of nitrogens with zero attached hydrogens (tertiary/aromatic N) is 3. The highest BCUT2D eigenvalue weighted by atomic mass is 19.1. The third-order valence-corrected chi connectivity index (χ3v) is 6.46. The molecule has 0 aromatic heterocycles. The van der Waals surface area contributed by atoms with Gasteiger partial charge >= 0.3 is 0 Å². The topological polar surface area (TPSA) is 127 Å². The maximum absolute atomic E-state index is 15.6. The summed E-state index contributed by atoms with van der Waals surface area (Å²) in [4.78, 5) is 18.1. The van der Waals surface area contributed by atoms with Crippen molar-refractivity contribution in [1.29, 1.82) is 10.8 Å². The van der Waals surface area contributed by atoms with Gasteiger partial charge in [0.25, 0.3) is 5.91 Å². The highest BCUT2D eigenvalue weighted by Gasteiger charge is 2.30. The Morgan fingerprint density at radius 2 is 1.70 bits per heavy atom. The van der Waals surface area contributed by atoms with Gasteiger partial charge in [-0.1, -0.05) is 20.8 Å². The van der Waals surface area contributed by atoms with E-state index >= 15 is 4.39 Å². The molecule has 0 saturated carbocycles. The number of halogens is 1. The molecule has 2 aromatic rings. The number of hydrogen-bond acceptors (Lipinski definition) is 7. The lowest BCUT2D eigenvalue weighted by Crippen LogP contribution is -2.48. The molecule has 200 valence electrons. The number of hydrogen-bond donors (Lipinski definition) is 5. The number of amides is 1. The van der Waals surface area contributed by atoms with Gasteiger partial charge in [-0.15, -0.1) is 0 Å². The summed E-state index contributed by atoms with van der Waals surface area (Å²) in [6.45, 7) is 13.4. The summed E-state index contributed by atoms with van der Waals surface area (Å²) in [5.74, 6) is -3.31. The van der Waals surface area contributed by atoms with Crippen molar-refractivity contribution < 1.29 is 19.4 Å². The monoisotopic (exact) mass is 512 g/mol. The van der Waals surface area contributed by atoms with Crippen LogP contribution in [-0.2, 0) is 4.79 Å². The molecule has 1 aliphatic rings. The fourth-order valence-corrected chi connectivity index (χ4v) is 4.35. The van der Waals surface area contributed by atoms with Gasteiger partial charge in [0.1, 0.15) is 23.2 Å². The molecule has 1 saturated heterocycles. The maximum Gasteiger partial charge on any atom is 0.287 e. The van der Waals surface area contributed by atoms with Crippen LogP contribution in [0.5, 0.6) is 11.5 Å². The molecule has 0 radical (unpaired) electrons. The molecule has 1 heterocycles. The first kappa shape index (κ1) is 27.9. The van der Waals surface area contributed by atoms with Crippen molar-refractivity contribution in [2.24, 2.45) is 0 Å². The second-order valence-corrected chi connectivity index (χ2v) is 9.80. The minimum Gasteiger partial charge on any atom is -0.508 e. The van der Waals surface area contributed by atoms with Gasteiger partial charge < -0.3 is 25.3 Å². The molecule has 2 aromatic carbocycles. The van der Waals surface area contributed by atoms with E-state index in [1.165, 1.54) is 18.2 Å². The van der Waals surface area contributed by atoms with Gasteiger partial charge in [-0.05, 0) is 56.1 Å². The Bertz CT molecular complexity index is 1170. The van der Waals surface area contributed by atoms with Gasteiger partial charge in [0.05, 0.1) is 11.3 Å². The number of carbonyl (C=O) groups is 1. The van der Waals surface area contributed by atoms with E-state index in [1.54, 1.807) is 19.9 Å². The summed E-state index contributed by atoms with van der Waals surface area (Å²) in [6.07, 6.45) is 0. The SMILES string of the molecule is CCN1CCN(c2ccc(N(C(=N)C(=O)NC(C)C)C(=N)c3cc(C(C)C)c(O)cc3O)c(F)c2)CC1. The molecule has 0 aliphatic carbocycles. The summed E-state index contributed by atoms with van der Waals surface area (Å²) >= 11 is 0. The highest BCUT2D eigenvalue weighted by Crippen LogP contribution is 2.34. The molecule has 1 amide bonds. The number of piperazine rings is 1. The Morgan fingerprint density at radius 3 is 2.24 bits per heavy atom. The van der Waals surface area contributed by atoms with Gasteiger partial charge in [0, 0.05) is 44.0 Å². The van der Waals surface area contributed by atoms with Crippen LogP contribution >= 0.6 is 0 Å². The molecule has 10 heteroatoms. The fraction of sp³-hybridized carbons (Fsp3) is 0.444. The number of nitrogens with one attached hydrogen (secondary N) is 3. The lowest BCUT2D eigenvalue weighted by atomic mass is 9.98. The van der Waals surface area contributed by atoms with Gasteiger partial charge in [0.15, 0.2) is 5.84 Å². The van der Waals surface area contributed by atoms with Crippen molar-refractivity contribution in [3.05, 3.63) is 47.3 Å². The smallest absolute Gasteiger partial charge is 0.287 e. The van der Waals surface area contributed by atoms with Gasteiger partial charge in [-0.25, -0.2) is 4.39 Å². The van der Waals surface area contributed by atoms with Crippen LogP contribution in [0.25, 0.3) is 0 Å². The average Bonchev–Trinajstić information content (AvgIpc) is 2.84. The number of rotatable bonds is 6. The van der Waals surface area contributed by atoms with Gasteiger partial charge in [-0.3, -0.25) is 20.5 Å². The summed E-state index contributed by atoms with van der Waals surface area (Å²) in [6, 6.07) is 6.77. The van der Waals surface area contributed by atoms with E-state index in [2.05, 4.69) is 22.0 Å².